The molecule has 120 valence electrons. The number of nitrogens with zero attached hydrogens (tertiary/aromatic N) is 1. The monoisotopic (exact) mass is 315 g/mol. The van der Waals surface area contributed by atoms with Gasteiger partial charge < -0.3 is 14.4 Å². The van der Waals surface area contributed by atoms with E-state index in [0.29, 0.717) is 18.8 Å². The van der Waals surface area contributed by atoms with E-state index in [1.165, 1.54) is 29.8 Å². The summed E-state index contributed by atoms with van der Waals surface area (Å²) in [5.74, 6) is 0.924. The lowest BCUT2D eigenvalue weighted by Crippen LogP contribution is -2.38. The Labute approximate surface area is 134 Å². The summed E-state index contributed by atoms with van der Waals surface area (Å²) in [4.78, 5) is 14.0. The fourth-order valence-electron chi connectivity index (χ4n) is 2.64. The van der Waals surface area contributed by atoms with E-state index in [9.17, 15) is 9.18 Å². The van der Waals surface area contributed by atoms with Crippen LogP contribution in [0, 0.1) is 5.82 Å². The molecule has 0 bridgehead atoms. The molecule has 1 aliphatic heterocycles. The number of carbonyl (C=O) groups is 1. The van der Waals surface area contributed by atoms with Crippen molar-refractivity contribution in [1.29, 1.82) is 0 Å². The van der Waals surface area contributed by atoms with E-state index in [1.54, 1.807) is 12.0 Å². The fourth-order valence-corrected chi connectivity index (χ4v) is 2.64. The molecule has 1 amide bonds. The molecule has 1 aliphatic rings. The predicted octanol–water partition coefficient (Wildman–Crippen LogP) is 2.80. The van der Waals surface area contributed by atoms with Crippen LogP contribution in [0.15, 0.2) is 42.5 Å². The molecular formula is C18H18FNO3. The zero-order valence-corrected chi connectivity index (χ0v) is 12.9. The molecule has 3 rings (SSSR count). The van der Waals surface area contributed by atoms with Gasteiger partial charge in [0, 0.05) is 13.1 Å². The van der Waals surface area contributed by atoms with Crippen LogP contribution in [0.3, 0.4) is 0 Å². The van der Waals surface area contributed by atoms with Gasteiger partial charge in [0.15, 0.2) is 6.61 Å². The Balaban J connectivity index is 1.59. The van der Waals surface area contributed by atoms with Crippen molar-refractivity contribution in [2.45, 2.75) is 13.0 Å². The Bertz CT molecular complexity index is 700. The van der Waals surface area contributed by atoms with E-state index in [2.05, 4.69) is 0 Å². The first-order chi connectivity index (χ1) is 11.2. The topological polar surface area (TPSA) is 38.8 Å². The second-order valence-corrected chi connectivity index (χ2v) is 5.44. The van der Waals surface area contributed by atoms with E-state index >= 15 is 0 Å². The highest BCUT2D eigenvalue weighted by Crippen LogP contribution is 2.23. The first-order valence-electron chi connectivity index (χ1n) is 7.47. The van der Waals surface area contributed by atoms with Crippen molar-refractivity contribution in [1.82, 2.24) is 4.90 Å². The van der Waals surface area contributed by atoms with E-state index in [1.807, 2.05) is 18.2 Å². The van der Waals surface area contributed by atoms with Gasteiger partial charge >= 0.3 is 0 Å². The summed E-state index contributed by atoms with van der Waals surface area (Å²) in [7, 11) is 1.65. The number of rotatable bonds is 4. The normalized spacial score (nSPS) is 13.4. The summed E-state index contributed by atoms with van der Waals surface area (Å²) in [6.07, 6.45) is 0.800. The van der Waals surface area contributed by atoms with Crippen LogP contribution in [0.2, 0.25) is 0 Å². The molecule has 0 atom stereocenters. The zero-order chi connectivity index (χ0) is 16.2. The molecule has 0 fully saturated rings. The lowest BCUT2D eigenvalue weighted by Gasteiger charge is -2.29. The Morgan fingerprint density at radius 2 is 1.87 bits per heavy atom. The lowest BCUT2D eigenvalue weighted by atomic mass is 9.99. The third kappa shape index (κ3) is 3.62. The summed E-state index contributed by atoms with van der Waals surface area (Å²) in [6.45, 7) is 1.19. The van der Waals surface area contributed by atoms with Gasteiger partial charge in [0.25, 0.3) is 5.91 Å². The van der Waals surface area contributed by atoms with Gasteiger partial charge in [0.05, 0.1) is 7.11 Å². The van der Waals surface area contributed by atoms with Crippen LogP contribution >= 0.6 is 0 Å². The molecule has 0 aromatic heterocycles. The van der Waals surface area contributed by atoms with Crippen molar-refractivity contribution < 1.29 is 18.7 Å². The van der Waals surface area contributed by atoms with E-state index in [0.717, 1.165) is 17.7 Å². The average Bonchev–Trinajstić information content (AvgIpc) is 2.60. The lowest BCUT2D eigenvalue weighted by molar-refractivity contribution is -0.134. The molecular weight excluding hydrogens is 297 g/mol. The van der Waals surface area contributed by atoms with Gasteiger partial charge in [0.1, 0.15) is 17.3 Å². The van der Waals surface area contributed by atoms with Crippen molar-refractivity contribution in [3.63, 3.8) is 0 Å². The largest absolute Gasteiger partial charge is 0.497 e. The molecule has 0 aliphatic carbocycles. The Morgan fingerprint density at radius 3 is 2.61 bits per heavy atom. The number of halogens is 1. The highest BCUT2D eigenvalue weighted by atomic mass is 19.1. The van der Waals surface area contributed by atoms with Crippen LogP contribution in [0.5, 0.6) is 11.5 Å². The van der Waals surface area contributed by atoms with Crippen molar-refractivity contribution >= 4 is 5.91 Å². The highest BCUT2D eigenvalue weighted by Gasteiger charge is 2.21. The third-order valence-electron chi connectivity index (χ3n) is 3.95. The van der Waals surface area contributed by atoms with E-state index in [-0.39, 0.29) is 18.3 Å². The van der Waals surface area contributed by atoms with Gasteiger partial charge in [-0.2, -0.15) is 0 Å². The number of fused-ring (bicyclic) bond motifs is 1. The van der Waals surface area contributed by atoms with Crippen LogP contribution in [-0.4, -0.2) is 31.1 Å². The van der Waals surface area contributed by atoms with E-state index < -0.39 is 0 Å². The molecule has 5 heteroatoms. The molecule has 0 spiro atoms. The molecule has 2 aromatic carbocycles. The van der Waals surface area contributed by atoms with Crippen molar-refractivity contribution in [3.05, 3.63) is 59.4 Å². The maximum absolute atomic E-state index is 12.8. The van der Waals surface area contributed by atoms with Gasteiger partial charge in [0.2, 0.25) is 0 Å². The number of hydrogen-bond donors (Lipinski definition) is 0. The first-order valence-corrected chi connectivity index (χ1v) is 7.47. The molecule has 1 heterocycles. The predicted molar refractivity (Wildman–Crippen MR) is 84.0 cm³/mol. The van der Waals surface area contributed by atoms with Crippen LogP contribution in [-0.2, 0) is 17.8 Å². The molecule has 23 heavy (non-hydrogen) atoms. The second-order valence-electron chi connectivity index (χ2n) is 5.44. The number of hydrogen-bond acceptors (Lipinski definition) is 3. The molecule has 0 N–H and O–H groups in total. The Kier molecular flexibility index (Phi) is 4.46. The Hall–Kier alpha value is -2.56. The van der Waals surface area contributed by atoms with Gasteiger partial charge in [-0.1, -0.05) is 6.07 Å². The number of carbonyl (C=O) groups excluding carboxylic acids is 1. The molecule has 0 unspecified atom stereocenters. The molecule has 0 radical (unpaired) electrons. The smallest absolute Gasteiger partial charge is 0.260 e. The third-order valence-corrected chi connectivity index (χ3v) is 3.95. The van der Waals surface area contributed by atoms with Crippen LogP contribution in [0.25, 0.3) is 0 Å². The maximum Gasteiger partial charge on any atom is 0.260 e. The number of ether oxygens (including phenoxy) is 2. The number of benzene rings is 2. The van der Waals surface area contributed by atoms with Crippen LogP contribution < -0.4 is 9.47 Å². The Morgan fingerprint density at radius 1 is 1.13 bits per heavy atom. The van der Waals surface area contributed by atoms with Crippen molar-refractivity contribution in [3.8, 4) is 11.5 Å². The number of methoxy groups -OCH3 is 1. The maximum atomic E-state index is 12.8. The second kappa shape index (κ2) is 6.69. The average molecular weight is 315 g/mol. The molecule has 0 saturated carbocycles. The van der Waals surface area contributed by atoms with Gasteiger partial charge in [-0.15, -0.1) is 0 Å². The quantitative estimate of drug-likeness (QED) is 0.871. The zero-order valence-electron chi connectivity index (χ0n) is 12.9. The van der Waals surface area contributed by atoms with E-state index in [4.69, 9.17) is 9.47 Å². The van der Waals surface area contributed by atoms with Crippen LogP contribution in [0.1, 0.15) is 11.1 Å². The summed E-state index contributed by atoms with van der Waals surface area (Å²) in [5.41, 5.74) is 2.35. The standard InChI is InChI=1S/C18H18FNO3/c1-22-17-5-2-14-11-20(9-8-13(14)10-17)18(21)12-23-16-6-3-15(19)4-7-16/h2-7,10H,8-9,11-12H2,1H3. The summed E-state index contributed by atoms with van der Waals surface area (Å²) in [6, 6.07) is 11.6. The summed E-state index contributed by atoms with van der Waals surface area (Å²) in [5, 5.41) is 0. The fraction of sp³-hybridized carbons (Fsp3) is 0.278. The molecule has 0 saturated heterocycles. The van der Waals surface area contributed by atoms with Gasteiger partial charge in [-0.05, 0) is 53.9 Å². The first kappa shape index (κ1) is 15.3. The minimum absolute atomic E-state index is 0.0445. The SMILES string of the molecule is COc1ccc2c(c1)CCN(C(=O)COc1ccc(F)cc1)C2. The highest BCUT2D eigenvalue weighted by molar-refractivity contribution is 5.78. The van der Waals surface area contributed by atoms with Gasteiger partial charge in [-0.3, -0.25) is 4.79 Å². The minimum atomic E-state index is -0.327. The molecule has 4 nitrogen and oxygen atoms in total. The summed E-state index contributed by atoms with van der Waals surface area (Å²) >= 11 is 0. The minimum Gasteiger partial charge on any atom is -0.497 e. The number of amides is 1. The van der Waals surface area contributed by atoms with Crippen molar-refractivity contribution in [2.24, 2.45) is 0 Å². The van der Waals surface area contributed by atoms with Crippen molar-refractivity contribution in [2.75, 3.05) is 20.3 Å². The van der Waals surface area contributed by atoms with Gasteiger partial charge in [-0.25, -0.2) is 4.39 Å². The summed E-state index contributed by atoms with van der Waals surface area (Å²) < 4.78 is 23.5. The van der Waals surface area contributed by atoms with Crippen LogP contribution in [0.4, 0.5) is 4.39 Å². The molecule has 2 aromatic rings.